The molecule has 0 aliphatic heterocycles. The third kappa shape index (κ3) is 5.91. The van der Waals surface area contributed by atoms with Crippen LogP contribution in [-0.2, 0) is 0 Å². The highest BCUT2D eigenvalue weighted by Gasteiger charge is 2.22. The minimum Gasteiger partial charge on any atom is -0.228 e. The molecule has 9 aromatic carbocycles. The van der Waals surface area contributed by atoms with E-state index in [1.54, 1.807) is 0 Å². The third-order valence-electron chi connectivity index (χ3n) is 11.5. The van der Waals surface area contributed by atoms with Crippen molar-refractivity contribution < 1.29 is 0 Å². The van der Waals surface area contributed by atoms with Crippen molar-refractivity contribution in [3.05, 3.63) is 218 Å². The molecule has 2 nitrogen and oxygen atoms in total. The van der Waals surface area contributed by atoms with Crippen molar-refractivity contribution in [1.82, 2.24) is 9.97 Å². The van der Waals surface area contributed by atoms with Gasteiger partial charge in [0, 0.05) is 16.7 Å². The Kier molecular flexibility index (Phi) is 8.19. The standard InChI is InChI=1S/C56H36N2/c1-3-12-37(13-4-1)38-26-32-43(33-27-38)53-36-54(58-56(57-53)44-14-5-2-6-15-44)49-19-10-7-16-45(49)41-28-22-39(23-29-41)40-24-30-42(31-25-40)46-34-35-52-48-18-9-8-17-47(48)51-21-11-20-50(46)55(51)52/h1-36H. The van der Waals surface area contributed by atoms with Gasteiger partial charge in [0.2, 0.25) is 0 Å². The van der Waals surface area contributed by atoms with Gasteiger partial charge >= 0.3 is 0 Å². The van der Waals surface area contributed by atoms with Gasteiger partial charge in [-0.1, -0.05) is 212 Å². The van der Waals surface area contributed by atoms with Crippen molar-refractivity contribution in [3.8, 4) is 101 Å². The van der Waals surface area contributed by atoms with E-state index in [1.807, 2.05) is 24.3 Å². The molecule has 1 aliphatic rings. The van der Waals surface area contributed by atoms with Crippen LogP contribution in [0.2, 0.25) is 0 Å². The van der Waals surface area contributed by atoms with Gasteiger partial charge in [0.05, 0.1) is 11.4 Å². The van der Waals surface area contributed by atoms with E-state index in [4.69, 9.17) is 9.97 Å². The van der Waals surface area contributed by atoms with E-state index < -0.39 is 0 Å². The average molecular weight is 737 g/mol. The zero-order valence-electron chi connectivity index (χ0n) is 31.7. The van der Waals surface area contributed by atoms with Crippen LogP contribution >= 0.6 is 0 Å². The first-order valence-electron chi connectivity index (χ1n) is 19.8. The van der Waals surface area contributed by atoms with Gasteiger partial charge in [0.1, 0.15) is 0 Å². The smallest absolute Gasteiger partial charge is 0.160 e. The number of fused-ring (bicyclic) bond motifs is 3. The fourth-order valence-corrected chi connectivity index (χ4v) is 8.62. The quantitative estimate of drug-likeness (QED) is 0.163. The molecule has 11 rings (SSSR count). The predicted octanol–water partition coefficient (Wildman–Crippen LogP) is 14.9. The van der Waals surface area contributed by atoms with Crippen molar-refractivity contribution in [3.63, 3.8) is 0 Å². The van der Waals surface area contributed by atoms with Gasteiger partial charge in [-0.05, 0) is 83.6 Å². The van der Waals surface area contributed by atoms with E-state index in [9.17, 15) is 0 Å². The molecule has 0 N–H and O–H groups in total. The van der Waals surface area contributed by atoms with Crippen LogP contribution in [-0.4, -0.2) is 9.97 Å². The van der Waals surface area contributed by atoms with Gasteiger partial charge in [-0.2, -0.15) is 0 Å². The summed E-state index contributed by atoms with van der Waals surface area (Å²) >= 11 is 0. The first-order chi connectivity index (χ1) is 28.7. The van der Waals surface area contributed by atoms with Crippen molar-refractivity contribution in [2.24, 2.45) is 0 Å². The lowest BCUT2D eigenvalue weighted by Gasteiger charge is -2.14. The lowest BCUT2D eigenvalue weighted by molar-refractivity contribution is 1.18. The lowest BCUT2D eigenvalue weighted by atomic mass is 9.92. The molecule has 1 aliphatic carbocycles. The highest BCUT2D eigenvalue weighted by molar-refractivity contribution is 6.18. The van der Waals surface area contributed by atoms with Gasteiger partial charge in [-0.25, -0.2) is 9.97 Å². The minimum absolute atomic E-state index is 0.705. The second-order valence-corrected chi connectivity index (χ2v) is 14.9. The maximum absolute atomic E-state index is 5.18. The van der Waals surface area contributed by atoms with E-state index in [-0.39, 0.29) is 0 Å². The Hall–Kier alpha value is -7.68. The van der Waals surface area contributed by atoms with E-state index in [0.29, 0.717) is 5.82 Å². The molecule has 0 atom stereocenters. The molecule has 0 amide bonds. The number of nitrogens with zero attached hydrogens (tertiary/aromatic N) is 2. The minimum atomic E-state index is 0.705. The molecule has 0 spiro atoms. The largest absolute Gasteiger partial charge is 0.228 e. The highest BCUT2D eigenvalue weighted by atomic mass is 14.9. The molecule has 0 bridgehead atoms. The van der Waals surface area contributed by atoms with Gasteiger partial charge in [-0.15, -0.1) is 0 Å². The molecule has 0 radical (unpaired) electrons. The second kappa shape index (κ2) is 14.1. The Morgan fingerprint density at radius 3 is 1.26 bits per heavy atom. The van der Waals surface area contributed by atoms with Gasteiger partial charge < -0.3 is 0 Å². The lowest BCUT2D eigenvalue weighted by Crippen LogP contribution is -1.97. The fourth-order valence-electron chi connectivity index (χ4n) is 8.62. The van der Waals surface area contributed by atoms with Crippen molar-refractivity contribution in [1.29, 1.82) is 0 Å². The second-order valence-electron chi connectivity index (χ2n) is 14.9. The fraction of sp³-hybridized carbons (Fsp3) is 0. The van der Waals surface area contributed by atoms with Crippen LogP contribution in [0.3, 0.4) is 0 Å². The summed E-state index contributed by atoms with van der Waals surface area (Å²) in [4.78, 5) is 10.3. The molecular weight excluding hydrogens is 701 g/mol. The Bertz CT molecular complexity index is 3080. The summed E-state index contributed by atoms with van der Waals surface area (Å²) < 4.78 is 0. The third-order valence-corrected chi connectivity index (χ3v) is 11.5. The Morgan fingerprint density at radius 1 is 0.224 bits per heavy atom. The zero-order chi connectivity index (χ0) is 38.4. The SMILES string of the molecule is c1ccc(-c2ccc(-c3cc(-c4ccccc4-c4ccc(-c5ccc(-c6ccc7c8c(cccc68)-c6ccccc6-7)cc5)cc4)nc(-c4ccccc4)n3)cc2)cc1. The maximum atomic E-state index is 5.18. The van der Waals surface area contributed by atoms with E-state index in [2.05, 4.69) is 194 Å². The highest BCUT2D eigenvalue weighted by Crippen LogP contribution is 2.49. The summed E-state index contributed by atoms with van der Waals surface area (Å²) in [5, 5.41) is 2.66. The molecular formula is C56H36N2. The Balaban J connectivity index is 0.916. The van der Waals surface area contributed by atoms with Crippen LogP contribution in [0.5, 0.6) is 0 Å². The number of hydrogen-bond donors (Lipinski definition) is 0. The summed E-state index contributed by atoms with van der Waals surface area (Å²) in [6, 6.07) is 78.0. The number of aromatic nitrogens is 2. The first-order valence-corrected chi connectivity index (χ1v) is 19.8. The molecule has 1 heterocycles. The van der Waals surface area contributed by atoms with Crippen molar-refractivity contribution in [2.75, 3.05) is 0 Å². The molecule has 0 saturated heterocycles. The van der Waals surface area contributed by atoms with Gasteiger partial charge in [0.15, 0.2) is 5.82 Å². The van der Waals surface area contributed by atoms with Gasteiger partial charge in [0.25, 0.3) is 0 Å². The van der Waals surface area contributed by atoms with Gasteiger partial charge in [-0.3, -0.25) is 0 Å². The van der Waals surface area contributed by atoms with Crippen LogP contribution < -0.4 is 0 Å². The normalized spacial score (nSPS) is 11.4. The van der Waals surface area contributed by atoms with Crippen LogP contribution in [0.15, 0.2) is 218 Å². The zero-order valence-corrected chi connectivity index (χ0v) is 31.7. The van der Waals surface area contributed by atoms with E-state index >= 15 is 0 Å². The maximum Gasteiger partial charge on any atom is 0.160 e. The number of hydrogen-bond acceptors (Lipinski definition) is 2. The number of rotatable bonds is 7. The van der Waals surface area contributed by atoms with Crippen LogP contribution in [0.1, 0.15) is 0 Å². The van der Waals surface area contributed by atoms with Crippen LogP contribution in [0.25, 0.3) is 111 Å². The summed E-state index contributed by atoms with van der Waals surface area (Å²) in [6.45, 7) is 0. The molecule has 10 aromatic rings. The molecule has 0 saturated carbocycles. The molecule has 0 fully saturated rings. The molecule has 2 heteroatoms. The van der Waals surface area contributed by atoms with Crippen LogP contribution in [0, 0.1) is 0 Å². The van der Waals surface area contributed by atoms with Crippen molar-refractivity contribution >= 4 is 10.8 Å². The summed E-state index contributed by atoms with van der Waals surface area (Å²) in [7, 11) is 0. The summed E-state index contributed by atoms with van der Waals surface area (Å²) in [6.07, 6.45) is 0. The first kappa shape index (κ1) is 33.6. The number of benzene rings is 9. The van der Waals surface area contributed by atoms with Crippen LogP contribution in [0.4, 0.5) is 0 Å². The molecule has 0 unspecified atom stereocenters. The topological polar surface area (TPSA) is 25.8 Å². The molecule has 58 heavy (non-hydrogen) atoms. The monoisotopic (exact) mass is 736 g/mol. The van der Waals surface area contributed by atoms with Crippen molar-refractivity contribution in [2.45, 2.75) is 0 Å². The molecule has 1 aromatic heterocycles. The Morgan fingerprint density at radius 2 is 0.638 bits per heavy atom. The Labute approximate surface area is 338 Å². The van der Waals surface area contributed by atoms with E-state index in [1.165, 1.54) is 66.4 Å². The van der Waals surface area contributed by atoms with E-state index in [0.717, 1.165) is 39.2 Å². The average Bonchev–Trinajstić information content (AvgIpc) is 3.64. The predicted molar refractivity (Wildman–Crippen MR) is 242 cm³/mol. The summed E-state index contributed by atoms with van der Waals surface area (Å²) in [5.41, 5.74) is 19.7. The summed E-state index contributed by atoms with van der Waals surface area (Å²) in [5.74, 6) is 0.705. The molecule has 270 valence electrons.